The second kappa shape index (κ2) is 5.72. The number of hydrogen-bond acceptors (Lipinski definition) is 4. The second-order valence-corrected chi connectivity index (χ2v) is 4.25. The summed E-state index contributed by atoms with van der Waals surface area (Å²) in [6.07, 6.45) is 1.20. The normalized spacial score (nSPS) is 10.1. The maximum absolute atomic E-state index is 13.9. The van der Waals surface area contributed by atoms with Gasteiger partial charge in [-0.15, -0.1) is 0 Å². The molecule has 0 N–H and O–H groups in total. The molecule has 20 heavy (non-hydrogen) atoms. The smallest absolute Gasteiger partial charge is 0.297 e. The Bertz CT molecular complexity index is 752. The summed E-state index contributed by atoms with van der Waals surface area (Å²) in [7, 11) is 1.30. The summed E-state index contributed by atoms with van der Waals surface area (Å²) >= 11 is 5.72. The number of aromatic nitrogens is 2. The van der Waals surface area contributed by atoms with Crippen LogP contribution in [-0.4, -0.2) is 16.7 Å². The first kappa shape index (κ1) is 14.0. The van der Waals surface area contributed by atoms with E-state index in [1.807, 2.05) is 0 Å². The van der Waals surface area contributed by atoms with Gasteiger partial charge >= 0.3 is 0 Å². The summed E-state index contributed by atoms with van der Waals surface area (Å²) in [4.78, 5) is 15.8. The van der Waals surface area contributed by atoms with Gasteiger partial charge in [0.25, 0.3) is 5.56 Å². The van der Waals surface area contributed by atoms with Crippen molar-refractivity contribution in [2.24, 2.45) is 0 Å². The van der Waals surface area contributed by atoms with Gasteiger partial charge < -0.3 is 4.74 Å². The van der Waals surface area contributed by atoms with Crippen molar-refractivity contribution in [2.75, 3.05) is 7.11 Å². The van der Waals surface area contributed by atoms with Crippen LogP contribution in [0.4, 0.5) is 4.39 Å². The van der Waals surface area contributed by atoms with Crippen LogP contribution in [0, 0.1) is 17.1 Å². The lowest BCUT2D eigenvalue weighted by molar-refractivity contribution is 0.400. The van der Waals surface area contributed by atoms with Gasteiger partial charge in [-0.05, 0) is 6.07 Å². The molecule has 0 amide bonds. The molecule has 0 atom stereocenters. The quantitative estimate of drug-likeness (QED) is 0.811. The molecule has 102 valence electrons. The van der Waals surface area contributed by atoms with Crippen LogP contribution in [0.15, 0.2) is 29.3 Å². The molecule has 1 aromatic carbocycles. The van der Waals surface area contributed by atoms with E-state index < -0.39 is 11.4 Å². The predicted octanol–water partition coefficient (Wildman–Crippen LogP) is 1.96. The van der Waals surface area contributed by atoms with Gasteiger partial charge in [0.2, 0.25) is 5.75 Å². The predicted molar refractivity (Wildman–Crippen MR) is 70.3 cm³/mol. The highest BCUT2D eigenvalue weighted by Crippen LogP contribution is 2.17. The summed E-state index contributed by atoms with van der Waals surface area (Å²) in [5, 5.41) is 8.72. The molecule has 0 spiro atoms. The van der Waals surface area contributed by atoms with E-state index in [-0.39, 0.29) is 28.6 Å². The highest BCUT2D eigenvalue weighted by Gasteiger charge is 2.13. The van der Waals surface area contributed by atoms with Crippen LogP contribution < -0.4 is 10.3 Å². The zero-order chi connectivity index (χ0) is 14.7. The number of rotatable bonds is 3. The average Bonchev–Trinajstić information content (AvgIpc) is 2.44. The fourth-order valence-electron chi connectivity index (χ4n) is 1.71. The van der Waals surface area contributed by atoms with E-state index in [1.165, 1.54) is 25.6 Å². The molecule has 5 nitrogen and oxygen atoms in total. The number of halogens is 2. The third-order valence-corrected chi connectivity index (χ3v) is 2.97. The summed E-state index contributed by atoms with van der Waals surface area (Å²) in [6, 6.07) is 6.14. The molecule has 0 fully saturated rings. The molecule has 2 aromatic rings. The van der Waals surface area contributed by atoms with Gasteiger partial charge in [0.15, 0.2) is 5.15 Å². The van der Waals surface area contributed by atoms with Crippen LogP contribution in [-0.2, 0) is 6.54 Å². The minimum Gasteiger partial charge on any atom is -0.489 e. The first-order valence-electron chi connectivity index (χ1n) is 5.55. The van der Waals surface area contributed by atoms with Gasteiger partial charge in [0, 0.05) is 5.56 Å². The zero-order valence-corrected chi connectivity index (χ0v) is 11.2. The summed E-state index contributed by atoms with van der Waals surface area (Å²) in [6.45, 7) is -0.0687. The van der Waals surface area contributed by atoms with Crippen LogP contribution in [0.25, 0.3) is 0 Å². The van der Waals surface area contributed by atoms with Crippen molar-refractivity contribution < 1.29 is 9.13 Å². The van der Waals surface area contributed by atoms with E-state index in [0.717, 1.165) is 4.57 Å². The molecule has 0 unspecified atom stereocenters. The van der Waals surface area contributed by atoms with Crippen molar-refractivity contribution >= 4 is 11.6 Å². The third kappa shape index (κ3) is 2.49. The topological polar surface area (TPSA) is 67.9 Å². The molecule has 7 heteroatoms. The highest BCUT2D eigenvalue weighted by atomic mass is 35.5. The maximum Gasteiger partial charge on any atom is 0.297 e. The van der Waals surface area contributed by atoms with Crippen LogP contribution in [0.1, 0.15) is 11.1 Å². The Hall–Kier alpha value is -2.39. The Kier molecular flexibility index (Phi) is 4.01. The van der Waals surface area contributed by atoms with Crippen LogP contribution in [0.3, 0.4) is 0 Å². The van der Waals surface area contributed by atoms with E-state index in [2.05, 4.69) is 4.98 Å². The van der Waals surface area contributed by atoms with Gasteiger partial charge in [-0.25, -0.2) is 9.37 Å². The van der Waals surface area contributed by atoms with Gasteiger partial charge in [0.1, 0.15) is 11.9 Å². The number of hydrogen-bond donors (Lipinski definition) is 0. The highest BCUT2D eigenvalue weighted by molar-refractivity contribution is 6.30. The lowest BCUT2D eigenvalue weighted by atomic mass is 10.1. The lowest BCUT2D eigenvalue weighted by Gasteiger charge is -2.09. The third-order valence-electron chi connectivity index (χ3n) is 2.70. The van der Waals surface area contributed by atoms with Crippen molar-refractivity contribution in [1.29, 1.82) is 5.26 Å². The van der Waals surface area contributed by atoms with E-state index >= 15 is 0 Å². The SMILES string of the molecule is COc1c(Cl)ncn(Cc2cccc(C#N)c2F)c1=O. The minimum absolute atomic E-state index is 0.0556. The summed E-state index contributed by atoms with van der Waals surface area (Å²) in [5.41, 5.74) is -0.393. The van der Waals surface area contributed by atoms with Gasteiger partial charge in [-0.2, -0.15) is 5.26 Å². The van der Waals surface area contributed by atoms with Crippen molar-refractivity contribution in [3.05, 3.63) is 57.0 Å². The fourth-order valence-corrected chi connectivity index (χ4v) is 1.91. The van der Waals surface area contributed by atoms with Crippen LogP contribution in [0.5, 0.6) is 5.75 Å². The molecular formula is C13H9ClFN3O2. The Labute approximate surface area is 118 Å². The number of nitrogens with zero attached hydrogens (tertiary/aromatic N) is 3. The van der Waals surface area contributed by atoms with Crippen molar-refractivity contribution in [1.82, 2.24) is 9.55 Å². The molecule has 0 saturated heterocycles. The van der Waals surface area contributed by atoms with Gasteiger partial charge in [-0.1, -0.05) is 23.7 Å². The first-order valence-corrected chi connectivity index (χ1v) is 5.92. The molecule has 2 rings (SSSR count). The second-order valence-electron chi connectivity index (χ2n) is 3.89. The standard InChI is InChI=1S/C13H9ClFN3O2/c1-20-11-12(14)17-7-18(13(11)19)6-9-4-2-3-8(5-16)10(9)15/h2-4,7H,6H2,1H3. The molecular weight excluding hydrogens is 285 g/mol. The molecule has 0 aliphatic heterocycles. The lowest BCUT2D eigenvalue weighted by Crippen LogP contribution is -2.23. The molecule has 0 bridgehead atoms. The Morgan fingerprint density at radius 2 is 2.30 bits per heavy atom. The van der Waals surface area contributed by atoms with E-state index in [9.17, 15) is 9.18 Å². The number of benzene rings is 1. The molecule has 0 aliphatic carbocycles. The monoisotopic (exact) mass is 293 g/mol. The molecule has 0 radical (unpaired) electrons. The van der Waals surface area contributed by atoms with E-state index in [1.54, 1.807) is 12.1 Å². The van der Waals surface area contributed by atoms with Crippen molar-refractivity contribution in [3.8, 4) is 11.8 Å². The summed E-state index contributed by atoms with van der Waals surface area (Å²) in [5.74, 6) is -0.762. The Balaban J connectivity index is 2.47. The Morgan fingerprint density at radius 3 is 2.95 bits per heavy atom. The Morgan fingerprint density at radius 1 is 1.55 bits per heavy atom. The number of nitriles is 1. The largest absolute Gasteiger partial charge is 0.489 e. The van der Waals surface area contributed by atoms with E-state index in [4.69, 9.17) is 21.6 Å². The van der Waals surface area contributed by atoms with Gasteiger partial charge in [0.05, 0.1) is 25.5 Å². The molecule has 0 aliphatic rings. The van der Waals surface area contributed by atoms with Crippen LogP contribution in [0.2, 0.25) is 5.15 Å². The zero-order valence-electron chi connectivity index (χ0n) is 10.4. The number of ether oxygens (including phenoxy) is 1. The number of methoxy groups -OCH3 is 1. The minimum atomic E-state index is -0.657. The van der Waals surface area contributed by atoms with Crippen LogP contribution >= 0.6 is 11.6 Å². The van der Waals surface area contributed by atoms with Crippen molar-refractivity contribution in [2.45, 2.75) is 6.54 Å². The van der Waals surface area contributed by atoms with Crippen molar-refractivity contribution in [3.63, 3.8) is 0 Å². The average molecular weight is 294 g/mol. The molecule has 0 saturated carbocycles. The first-order chi connectivity index (χ1) is 9.58. The summed E-state index contributed by atoms with van der Waals surface area (Å²) < 4.78 is 19.9. The molecule has 1 aromatic heterocycles. The van der Waals surface area contributed by atoms with E-state index in [0.29, 0.717) is 0 Å². The van der Waals surface area contributed by atoms with Gasteiger partial charge in [-0.3, -0.25) is 9.36 Å². The fraction of sp³-hybridized carbons (Fsp3) is 0.154. The molecule has 1 heterocycles. The maximum atomic E-state index is 13.9.